The summed E-state index contributed by atoms with van der Waals surface area (Å²) in [4.78, 5) is 21.9. The Bertz CT molecular complexity index is 292. The Balaban J connectivity index is 3.74. The highest BCUT2D eigenvalue weighted by Crippen LogP contribution is 2.12. The van der Waals surface area contributed by atoms with Gasteiger partial charge >= 0.3 is 12.0 Å². The van der Waals surface area contributed by atoms with Gasteiger partial charge in [0, 0.05) is 19.5 Å². The van der Waals surface area contributed by atoms with Crippen molar-refractivity contribution in [3.63, 3.8) is 0 Å². The fourth-order valence-electron chi connectivity index (χ4n) is 0.832. The van der Waals surface area contributed by atoms with Crippen molar-refractivity contribution in [1.82, 2.24) is 10.6 Å². The first-order valence-electron chi connectivity index (χ1n) is 5.08. The van der Waals surface area contributed by atoms with E-state index in [0.717, 1.165) is 0 Å². The van der Waals surface area contributed by atoms with Gasteiger partial charge in [0.25, 0.3) is 0 Å². The van der Waals surface area contributed by atoms with Gasteiger partial charge in [0.15, 0.2) is 0 Å². The molecule has 0 rings (SSSR count). The molecule has 90 valence electrons. The number of nitrogens with one attached hydrogen (secondary N) is 2. The molecule has 0 saturated heterocycles. The van der Waals surface area contributed by atoms with Crippen molar-refractivity contribution in [2.45, 2.75) is 26.7 Å². The molecule has 5 nitrogen and oxygen atoms in total. The van der Waals surface area contributed by atoms with Crippen molar-refractivity contribution < 1.29 is 14.7 Å². The minimum Gasteiger partial charge on any atom is -0.481 e. The fraction of sp³-hybridized carbons (Fsp3) is 0.636. The second-order valence-corrected chi connectivity index (χ2v) is 4.11. The van der Waals surface area contributed by atoms with Crippen molar-refractivity contribution in [2.24, 2.45) is 5.41 Å². The van der Waals surface area contributed by atoms with Crippen LogP contribution >= 0.6 is 0 Å². The minimum absolute atomic E-state index is 0.0866. The molecule has 2 amide bonds. The molecule has 0 aromatic carbocycles. The molecule has 0 heterocycles. The maximum Gasteiger partial charge on any atom is 0.314 e. The molecule has 0 aromatic heterocycles. The summed E-state index contributed by atoms with van der Waals surface area (Å²) in [5.41, 5.74) is -0.962. The Morgan fingerprint density at radius 3 is 2.50 bits per heavy atom. The molecule has 0 spiro atoms. The number of aliphatic carboxylic acids is 1. The number of terminal acetylenes is 1. The van der Waals surface area contributed by atoms with Crippen molar-refractivity contribution in [2.75, 3.05) is 13.1 Å². The first-order valence-corrected chi connectivity index (χ1v) is 5.08. The Morgan fingerprint density at radius 2 is 2.00 bits per heavy atom. The average Bonchev–Trinajstić information content (AvgIpc) is 2.21. The molecule has 0 unspecified atom stereocenters. The van der Waals surface area contributed by atoms with Gasteiger partial charge in [-0.3, -0.25) is 4.79 Å². The van der Waals surface area contributed by atoms with Crippen LogP contribution in [0.15, 0.2) is 0 Å². The first-order chi connectivity index (χ1) is 7.40. The lowest BCUT2D eigenvalue weighted by Gasteiger charge is -2.19. The van der Waals surface area contributed by atoms with Gasteiger partial charge in [-0.15, -0.1) is 12.3 Å². The summed E-state index contributed by atoms with van der Waals surface area (Å²) in [6.07, 6.45) is 6.38. The zero-order valence-corrected chi connectivity index (χ0v) is 9.67. The summed E-state index contributed by atoms with van der Waals surface area (Å²) in [5.74, 6) is 1.52. The summed E-state index contributed by atoms with van der Waals surface area (Å²) in [6.45, 7) is 3.68. The molecule has 0 fully saturated rings. The van der Waals surface area contributed by atoms with Crippen LogP contribution in [-0.4, -0.2) is 30.2 Å². The Morgan fingerprint density at radius 1 is 1.38 bits per heavy atom. The van der Waals surface area contributed by atoms with Crippen molar-refractivity contribution in [3.05, 3.63) is 0 Å². The lowest BCUT2D eigenvalue weighted by Crippen LogP contribution is -2.43. The standard InChI is InChI=1S/C11H18N2O3/c1-4-5-6-7-12-10(16)13-8-11(2,3)9(14)15/h1H,5-8H2,2-3H3,(H,14,15)(H2,12,13,16). The number of hydrogen-bond donors (Lipinski definition) is 3. The number of carboxylic acids is 1. The zero-order valence-electron chi connectivity index (χ0n) is 9.67. The molecule has 0 aliphatic carbocycles. The first kappa shape index (κ1) is 14.3. The average molecular weight is 226 g/mol. The van der Waals surface area contributed by atoms with Crippen LogP contribution in [0.3, 0.4) is 0 Å². The molecule has 0 bridgehead atoms. The van der Waals surface area contributed by atoms with E-state index in [-0.39, 0.29) is 12.6 Å². The maximum atomic E-state index is 11.2. The molecule has 0 aliphatic rings. The Labute approximate surface area is 95.6 Å². The molecule has 0 radical (unpaired) electrons. The predicted octanol–water partition coefficient (Wildman–Crippen LogP) is 0.810. The number of amides is 2. The Hall–Kier alpha value is -1.70. The number of unbranched alkanes of at least 4 members (excludes halogenated alkanes) is 1. The summed E-state index contributed by atoms with van der Waals surface area (Å²) < 4.78 is 0. The van der Waals surface area contributed by atoms with Crippen LogP contribution in [0.2, 0.25) is 0 Å². The molecule has 3 N–H and O–H groups in total. The normalized spacial score (nSPS) is 10.3. The van der Waals surface area contributed by atoms with Gasteiger partial charge in [-0.1, -0.05) is 0 Å². The molecule has 5 heteroatoms. The van der Waals surface area contributed by atoms with Crippen molar-refractivity contribution in [3.8, 4) is 12.3 Å². The van der Waals surface area contributed by atoms with E-state index in [2.05, 4.69) is 16.6 Å². The van der Waals surface area contributed by atoms with E-state index < -0.39 is 11.4 Å². The number of carbonyl (C=O) groups is 2. The fourth-order valence-corrected chi connectivity index (χ4v) is 0.832. The van der Waals surface area contributed by atoms with Gasteiger partial charge in [0.2, 0.25) is 0 Å². The van der Waals surface area contributed by atoms with Crippen LogP contribution in [0, 0.1) is 17.8 Å². The number of carbonyl (C=O) groups excluding carboxylic acids is 1. The zero-order chi connectivity index (χ0) is 12.6. The van der Waals surface area contributed by atoms with Crippen LogP contribution in [-0.2, 0) is 4.79 Å². The van der Waals surface area contributed by atoms with Crippen LogP contribution in [0.5, 0.6) is 0 Å². The molecule has 0 aromatic rings. The van der Waals surface area contributed by atoms with Gasteiger partial charge in [-0.2, -0.15) is 0 Å². The molecular weight excluding hydrogens is 208 g/mol. The van der Waals surface area contributed by atoms with Gasteiger partial charge in [0.05, 0.1) is 5.41 Å². The van der Waals surface area contributed by atoms with Crippen LogP contribution in [0.4, 0.5) is 4.79 Å². The van der Waals surface area contributed by atoms with Crippen molar-refractivity contribution >= 4 is 12.0 Å². The van der Waals surface area contributed by atoms with Gasteiger partial charge < -0.3 is 15.7 Å². The third-order valence-electron chi connectivity index (χ3n) is 2.05. The maximum absolute atomic E-state index is 11.2. The van der Waals surface area contributed by atoms with E-state index in [9.17, 15) is 9.59 Å². The SMILES string of the molecule is C#CCCCNC(=O)NCC(C)(C)C(=O)O. The van der Waals surface area contributed by atoms with E-state index in [1.165, 1.54) is 0 Å². The van der Waals surface area contributed by atoms with Crippen molar-refractivity contribution in [1.29, 1.82) is 0 Å². The number of carboxylic acid groups (broad SMARTS) is 1. The van der Waals surface area contributed by atoms with Crippen LogP contribution in [0.1, 0.15) is 26.7 Å². The van der Waals surface area contributed by atoms with E-state index in [1.807, 2.05) is 0 Å². The minimum atomic E-state index is -0.962. The molecular formula is C11H18N2O3. The van der Waals surface area contributed by atoms with E-state index in [4.69, 9.17) is 11.5 Å². The second kappa shape index (κ2) is 6.72. The number of rotatable bonds is 6. The third-order valence-corrected chi connectivity index (χ3v) is 2.05. The summed E-state index contributed by atoms with van der Waals surface area (Å²) in [5, 5.41) is 13.9. The highest BCUT2D eigenvalue weighted by atomic mass is 16.4. The molecule has 0 aliphatic heterocycles. The lowest BCUT2D eigenvalue weighted by atomic mass is 9.94. The number of urea groups is 1. The topological polar surface area (TPSA) is 78.4 Å². The van der Waals surface area contributed by atoms with Gasteiger partial charge in [-0.25, -0.2) is 4.79 Å². The lowest BCUT2D eigenvalue weighted by molar-refractivity contribution is -0.146. The third kappa shape index (κ3) is 5.91. The van der Waals surface area contributed by atoms with Crippen LogP contribution < -0.4 is 10.6 Å². The highest BCUT2D eigenvalue weighted by Gasteiger charge is 2.27. The molecule has 0 saturated carbocycles. The van der Waals surface area contributed by atoms with Gasteiger partial charge in [0.1, 0.15) is 0 Å². The molecule has 0 atom stereocenters. The monoisotopic (exact) mass is 226 g/mol. The smallest absolute Gasteiger partial charge is 0.314 e. The Kier molecular flexibility index (Phi) is 6.01. The summed E-state index contributed by atoms with van der Waals surface area (Å²) in [7, 11) is 0. The predicted molar refractivity (Wildman–Crippen MR) is 60.9 cm³/mol. The number of hydrogen-bond acceptors (Lipinski definition) is 2. The van der Waals surface area contributed by atoms with Crippen LogP contribution in [0.25, 0.3) is 0 Å². The quantitative estimate of drug-likeness (QED) is 0.463. The summed E-state index contributed by atoms with van der Waals surface area (Å²) >= 11 is 0. The van der Waals surface area contributed by atoms with E-state index >= 15 is 0 Å². The molecule has 16 heavy (non-hydrogen) atoms. The van der Waals surface area contributed by atoms with E-state index in [0.29, 0.717) is 19.4 Å². The second-order valence-electron chi connectivity index (χ2n) is 4.11. The highest BCUT2D eigenvalue weighted by molar-refractivity contribution is 5.77. The summed E-state index contributed by atoms with van der Waals surface area (Å²) in [6, 6.07) is -0.369. The largest absolute Gasteiger partial charge is 0.481 e. The van der Waals surface area contributed by atoms with E-state index in [1.54, 1.807) is 13.8 Å². The van der Waals surface area contributed by atoms with Gasteiger partial charge in [-0.05, 0) is 20.3 Å².